The van der Waals surface area contributed by atoms with Crippen LogP contribution >= 0.6 is 0 Å². The number of nitrogens with zero attached hydrogens (tertiary/aromatic N) is 1. The lowest BCUT2D eigenvalue weighted by molar-refractivity contribution is -0.385. The summed E-state index contributed by atoms with van der Waals surface area (Å²) in [6, 6.07) is 2.88. The second kappa shape index (κ2) is 3.82. The van der Waals surface area contributed by atoms with Crippen LogP contribution in [0.2, 0.25) is 0 Å². The van der Waals surface area contributed by atoms with Crippen molar-refractivity contribution in [3.8, 4) is 0 Å². The predicted molar refractivity (Wildman–Crippen MR) is 47.4 cm³/mol. The Balaban J connectivity index is 3.07. The van der Waals surface area contributed by atoms with Crippen LogP contribution in [-0.4, -0.2) is 10.8 Å². The van der Waals surface area contributed by atoms with Crippen LogP contribution in [0.3, 0.4) is 0 Å². The fraction of sp³-hybridized carbons (Fsp3) is 0.125. The quantitative estimate of drug-likeness (QED) is 0.580. The Morgan fingerprint density at radius 3 is 2.64 bits per heavy atom. The van der Waals surface area contributed by atoms with E-state index in [0.29, 0.717) is 0 Å². The lowest BCUT2D eigenvalue weighted by atomic mass is 10.2. The number of anilines is 1. The Morgan fingerprint density at radius 2 is 2.14 bits per heavy atom. The summed E-state index contributed by atoms with van der Waals surface area (Å²) in [5.74, 6) is -1.17. The van der Waals surface area contributed by atoms with Crippen LogP contribution in [0, 0.1) is 15.9 Å². The topological polar surface area (TPSA) is 72.2 Å². The van der Waals surface area contributed by atoms with E-state index in [2.05, 4.69) is 5.32 Å². The van der Waals surface area contributed by atoms with Crippen molar-refractivity contribution in [1.82, 2.24) is 0 Å². The fourth-order valence-electron chi connectivity index (χ4n) is 0.955. The number of rotatable bonds is 2. The van der Waals surface area contributed by atoms with Crippen LogP contribution < -0.4 is 5.32 Å². The molecule has 0 saturated carbocycles. The monoisotopic (exact) mass is 198 g/mol. The van der Waals surface area contributed by atoms with Crippen molar-refractivity contribution < 1.29 is 14.1 Å². The molecule has 0 radical (unpaired) electrons. The van der Waals surface area contributed by atoms with Crippen LogP contribution in [0.15, 0.2) is 18.2 Å². The van der Waals surface area contributed by atoms with Crippen LogP contribution in [0.4, 0.5) is 15.8 Å². The van der Waals surface area contributed by atoms with Gasteiger partial charge in [0, 0.05) is 13.0 Å². The zero-order valence-electron chi connectivity index (χ0n) is 7.28. The highest BCUT2D eigenvalue weighted by Crippen LogP contribution is 2.19. The molecular formula is C8H7FN2O3. The van der Waals surface area contributed by atoms with Crippen LogP contribution in [0.25, 0.3) is 0 Å². The summed E-state index contributed by atoms with van der Waals surface area (Å²) in [4.78, 5) is 20.2. The molecule has 5 nitrogen and oxygen atoms in total. The zero-order valence-corrected chi connectivity index (χ0v) is 7.28. The largest absolute Gasteiger partial charge is 0.326 e. The van der Waals surface area contributed by atoms with Gasteiger partial charge in [-0.25, -0.2) is 4.39 Å². The molecule has 6 heteroatoms. The number of hydrogen-bond donors (Lipinski definition) is 1. The highest BCUT2D eigenvalue weighted by atomic mass is 19.1. The van der Waals surface area contributed by atoms with Gasteiger partial charge in [-0.2, -0.15) is 0 Å². The number of amides is 1. The van der Waals surface area contributed by atoms with E-state index in [1.807, 2.05) is 0 Å². The van der Waals surface area contributed by atoms with Crippen molar-refractivity contribution in [3.05, 3.63) is 34.1 Å². The molecule has 0 aromatic heterocycles. The second-order valence-corrected chi connectivity index (χ2v) is 2.64. The maximum absolute atomic E-state index is 12.8. The van der Waals surface area contributed by atoms with E-state index in [9.17, 15) is 19.3 Å². The Morgan fingerprint density at radius 1 is 1.50 bits per heavy atom. The molecule has 0 unspecified atom stereocenters. The molecule has 0 spiro atoms. The maximum atomic E-state index is 12.8. The molecule has 0 aliphatic heterocycles. The first-order valence-corrected chi connectivity index (χ1v) is 3.71. The molecule has 0 saturated heterocycles. The predicted octanol–water partition coefficient (Wildman–Crippen LogP) is 1.69. The molecule has 1 amide bonds. The highest BCUT2D eigenvalue weighted by molar-refractivity contribution is 5.88. The van der Waals surface area contributed by atoms with Gasteiger partial charge in [0.2, 0.25) is 5.91 Å². The van der Waals surface area contributed by atoms with Crippen LogP contribution in [0.5, 0.6) is 0 Å². The third-order valence-corrected chi connectivity index (χ3v) is 1.41. The Labute approximate surface area is 78.7 Å². The number of carbonyl (C=O) groups excluding carboxylic acids is 1. The molecule has 0 atom stereocenters. The smallest absolute Gasteiger partial charge is 0.274 e. The number of hydrogen-bond acceptors (Lipinski definition) is 3. The minimum Gasteiger partial charge on any atom is -0.326 e. The SMILES string of the molecule is CC(=O)Nc1cc(F)cc([N+](=O)[O-])c1. The molecule has 0 aliphatic carbocycles. The number of carbonyl (C=O) groups is 1. The lowest BCUT2D eigenvalue weighted by Crippen LogP contribution is -2.06. The van der Waals surface area contributed by atoms with Crippen molar-refractivity contribution in [2.45, 2.75) is 6.92 Å². The standard InChI is InChI=1S/C8H7FN2O3/c1-5(12)10-7-2-6(9)3-8(4-7)11(13)14/h2-4H,1H3,(H,10,12). The molecule has 0 aliphatic rings. The average Bonchev–Trinajstić information content (AvgIpc) is 2.01. The number of nitrogens with one attached hydrogen (secondary N) is 1. The maximum Gasteiger partial charge on any atom is 0.274 e. The van der Waals surface area contributed by atoms with E-state index in [1.54, 1.807) is 0 Å². The molecule has 0 bridgehead atoms. The zero-order chi connectivity index (χ0) is 10.7. The third-order valence-electron chi connectivity index (χ3n) is 1.41. The summed E-state index contributed by atoms with van der Waals surface area (Å²) < 4.78 is 12.8. The molecule has 74 valence electrons. The van der Waals surface area contributed by atoms with Gasteiger partial charge in [-0.15, -0.1) is 0 Å². The van der Waals surface area contributed by atoms with Gasteiger partial charge < -0.3 is 5.32 Å². The van der Waals surface area contributed by atoms with Crippen molar-refractivity contribution in [1.29, 1.82) is 0 Å². The summed E-state index contributed by atoms with van der Waals surface area (Å²) in [7, 11) is 0. The minimum absolute atomic E-state index is 0.0733. The average molecular weight is 198 g/mol. The summed E-state index contributed by atoms with van der Waals surface area (Å²) in [6.45, 7) is 1.23. The van der Waals surface area contributed by atoms with E-state index < -0.39 is 22.3 Å². The van der Waals surface area contributed by atoms with Crippen LogP contribution in [-0.2, 0) is 4.79 Å². The van der Waals surface area contributed by atoms with E-state index in [-0.39, 0.29) is 5.69 Å². The van der Waals surface area contributed by atoms with Gasteiger partial charge in [-0.1, -0.05) is 0 Å². The highest BCUT2D eigenvalue weighted by Gasteiger charge is 2.09. The fourth-order valence-corrected chi connectivity index (χ4v) is 0.955. The van der Waals surface area contributed by atoms with Gasteiger partial charge in [-0.05, 0) is 6.07 Å². The van der Waals surface area contributed by atoms with Crippen molar-refractivity contribution in [2.75, 3.05) is 5.32 Å². The van der Waals surface area contributed by atoms with Crippen molar-refractivity contribution >= 4 is 17.3 Å². The number of halogens is 1. The summed E-state index contributed by atoms with van der Waals surface area (Å²) in [6.07, 6.45) is 0. The Kier molecular flexibility index (Phi) is 2.76. The number of nitro benzene ring substituents is 1. The molecule has 0 fully saturated rings. The van der Waals surface area contributed by atoms with Crippen molar-refractivity contribution in [2.24, 2.45) is 0 Å². The minimum atomic E-state index is -0.761. The van der Waals surface area contributed by atoms with Gasteiger partial charge in [0.25, 0.3) is 5.69 Å². The van der Waals surface area contributed by atoms with E-state index in [0.717, 1.165) is 18.2 Å². The molecule has 1 aromatic rings. The van der Waals surface area contributed by atoms with Gasteiger partial charge >= 0.3 is 0 Å². The summed E-state index contributed by atoms with van der Waals surface area (Å²) >= 11 is 0. The summed E-state index contributed by atoms with van der Waals surface area (Å²) in [5.41, 5.74) is -0.321. The first-order valence-electron chi connectivity index (χ1n) is 3.71. The van der Waals surface area contributed by atoms with Crippen molar-refractivity contribution in [3.63, 3.8) is 0 Å². The number of non-ortho nitro benzene ring substituents is 1. The molecular weight excluding hydrogens is 191 g/mol. The van der Waals surface area contributed by atoms with E-state index >= 15 is 0 Å². The van der Waals surface area contributed by atoms with Gasteiger partial charge in [0.1, 0.15) is 5.82 Å². The first-order chi connectivity index (χ1) is 6.49. The van der Waals surface area contributed by atoms with Gasteiger partial charge in [-0.3, -0.25) is 14.9 Å². The molecule has 1 N–H and O–H groups in total. The Hall–Kier alpha value is -1.98. The molecule has 14 heavy (non-hydrogen) atoms. The summed E-state index contributed by atoms with van der Waals surface area (Å²) in [5, 5.41) is 12.6. The second-order valence-electron chi connectivity index (χ2n) is 2.64. The molecule has 1 rings (SSSR count). The van der Waals surface area contributed by atoms with E-state index in [1.165, 1.54) is 6.92 Å². The van der Waals surface area contributed by atoms with Gasteiger partial charge in [0.05, 0.1) is 16.7 Å². The third kappa shape index (κ3) is 2.51. The van der Waals surface area contributed by atoms with E-state index in [4.69, 9.17) is 0 Å². The first kappa shape index (κ1) is 10.1. The Bertz CT molecular complexity index is 392. The normalized spacial score (nSPS) is 9.57. The number of nitro groups is 1. The number of benzene rings is 1. The molecule has 1 aromatic carbocycles. The van der Waals surface area contributed by atoms with Crippen LogP contribution in [0.1, 0.15) is 6.92 Å². The lowest BCUT2D eigenvalue weighted by Gasteiger charge is -2.01. The van der Waals surface area contributed by atoms with Gasteiger partial charge in [0.15, 0.2) is 0 Å². The molecule has 0 heterocycles.